The van der Waals surface area contributed by atoms with Gasteiger partial charge >= 0.3 is 0 Å². The molecule has 0 radical (unpaired) electrons. The van der Waals surface area contributed by atoms with Gasteiger partial charge in [0.2, 0.25) is 5.88 Å². The predicted octanol–water partition coefficient (Wildman–Crippen LogP) is 1.92. The molecule has 0 fully saturated rings. The Labute approximate surface area is 121 Å². The first kappa shape index (κ1) is 14.8. The standard InChI is InChI=1S/C15H15FN2O3/c1-20-15-7-2-11(9-18-15)8-17-14(19)10-21-13-5-3-12(16)4-6-13/h2-7,9H,8,10H2,1H3,(H,17,19). The number of halogens is 1. The third-order valence-corrected chi connectivity index (χ3v) is 2.68. The Bertz CT molecular complexity index is 585. The van der Waals surface area contributed by atoms with E-state index in [1.165, 1.54) is 31.4 Å². The smallest absolute Gasteiger partial charge is 0.258 e. The summed E-state index contributed by atoms with van der Waals surface area (Å²) in [4.78, 5) is 15.7. The molecule has 0 bridgehead atoms. The Morgan fingerprint density at radius 1 is 1.24 bits per heavy atom. The zero-order valence-corrected chi connectivity index (χ0v) is 11.5. The summed E-state index contributed by atoms with van der Waals surface area (Å²) < 4.78 is 22.9. The number of carbonyl (C=O) groups is 1. The van der Waals surface area contributed by atoms with Crippen LogP contribution >= 0.6 is 0 Å². The lowest BCUT2D eigenvalue weighted by atomic mass is 10.3. The number of nitrogens with zero attached hydrogens (tertiary/aromatic N) is 1. The summed E-state index contributed by atoms with van der Waals surface area (Å²) in [6, 6.07) is 9.02. The summed E-state index contributed by atoms with van der Waals surface area (Å²) in [7, 11) is 1.54. The van der Waals surface area contributed by atoms with E-state index in [0.29, 0.717) is 18.2 Å². The monoisotopic (exact) mass is 290 g/mol. The molecule has 0 atom stereocenters. The topological polar surface area (TPSA) is 60.5 Å². The fourth-order valence-electron chi connectivity index (χ4n) is 1.57. The second kappa shape index (κ2) is 7.23. The lowest BCUT2D eigenvalue weighted by Gasteiger charge is -2.07. The van der Waals surface area contributed by atoms with Crippen LogP contribution in [0.3, 0.4) is 0 Å². The molecule has 1 heterocycles. The quantitative estimate of drug-likeness (QED) is 0.883. The van der Waals surface area contributed by atoms with Crippen molar-refractivity contribution in [2.75, 3.05) is 13.7 Å². The van der Waals surface area contributed by atoms with Crippen LogP contribution in [0.25, 0.3) is 0 Å². The van der Waals surface area contributed by atoms with Gasteiger partial charge in [-0.25, -0.2) is 9.37 Å². The molecule has 0 aliphatic rings. The molecule has 1 N–H and O–H groups in total. The van der Waals surface area contributed by atoms with E-state index in [0.717, 1.165) is 5.56 Å². The molecule has 0 saturated heterocycles. The highest BCUT2D eigenvalue weighted by Crippen LogP contribution is 2.10. The van der Waals surface area contributed by atoms with Crippen LogP contribution in [0.5, 0.6) is 11.6 Å². The minimum absolute atomic E-state index is 0.130. The van der Waals surface area contributed by atoms with Gasteiger partial charge in [0.25, 0.3) is 5.91 Å². The number of ether oxygens (including phenoxy) is 2. The van der Waals surface area contributed by atoms with Crippen LogP contribution in [0.1, 0.15) is 5.56 Å². The SMILES string of the molecule is COc1ccc(CNC(=O)COc2ccc(F)cc2)cn1. The van der Waals surface area contributed by atoms with E-state index in [4.69, 9.17) is 9.47 Å². The maximum absolute atomic E-state index is 12.7. The largest absolute Gasteiger partial charge is 0.484 e. The number of rotatable bonds is 6. The molecule has 2 aromatic rings. The second-order valence-corrected chi connectivity index (χ2v) is 4.23. The average molecular weight is 290 g/mol. The van der Waals surface area contributed by atoms with Crippen LogP contribution in [0.15, 0.2) is 42.6 Å². The zero-order chi connectivity index (χ0) is 15.1. The van der Waals surface area contributed by atoms with Crippen molar-refractivity contribution < 1.29 is 18.7 Å². The molecule has 1 amide bonds. The molecule has 5 nitrogen and oxygen atoms in total. The second-order valence-electron chi connectivity index (χ2n) is 4.23. The number of carbonyl (C=O) groups excluding carboxylic acids is 1. The van der Waals surface area contributed by atoms with Crippen LogP contribution in [-0.4, -0.2) is 24.6 Å². The Morgan fingerprint density at radius 2 is 2.00 bits per heavy atom. The number of pyridine rings is 1. The summed E-state index contributed by atoms with van der Waals surface area (Å²) in [5.41, 5.74) is 0.853. The summed E-state index contributed by atoms with van der Waals surface area (Å²) in [5, 5.41) is 2.70. The van der Waals surface area contributed by atoms with Crippen molar-refractivity contribution in [3.8, 4) is 11.6 Å². The fourth-order valence-corrected chi connectivity index (χ4v) is 1.57. The van der Waals surface area contributed by atoms with Gasteiger partial charge in [0, 0.05) is 18.8 Å². The van der Waals surface area contributed by atoms with Gasteiger partial charge in [-0.05, 0) is 29.8 Å². The van der Waals surface area contributed by atoms with Gasteiger partial charge in [0.1, 0.15) is 11.6 Å². The van der Waals surface area contributed by atoms with E-state index < -0.39 is 0 Å². The van der Waals surface area contributed by atoms with E-state index in [1.54, 1.807) is 12.3 Å². The van der Waals surface area contributed by atoms with Gasteiger partial charge in [0.15, 0.2) is 6.61 Å². The number of benzene rings is 1. The molecule has 110 valence electrons. The minimum Gasteiger partial charge on any atom is -0.484 e. The molecule has 21 heavy (non-hydrogen) atoms. The molecular weight excluding hydrogens is 275 g/mol. The van der Waals surface area contributed by atoms with E-state index in [-0.39, 0.29) is 18.3 Å². The maximum atomic E-state index is 12.7. The molecule has 1 aromatic carbocycles. The zero-order valence-electron chi connectivity index (χ0n) is 11.5. The van der Waals surface area contributed by atoms with Crippen molar-refractivity contribution in [2.24, 2.45) is 0 Å². The summed E-state index contributed by atoms with van der Waals surface area (Å²) in [5.74, 6) is 0.344. The first-order valence-corrected chi connectivity index (χ1v) is 6.31. The Hall–Kier alpha value is -2.63. The third-order valence-electron chi connectivity index (χ3n) is 2.68. The highest BCUT2D eigenvalue weighted by Gasteiger charge is 2.03. The molecule has 0 aliphatic carbocycles. The lowest BCUT2D eigenvalue weighted by molar-refractivity contribution is -0.123. The number of hydrogen-bond acceptors (Lipinski definition) is 4. The van der Waals surface area contributed by atoms with Crippen molar-refractivity contribution in [1.82, 2.24) is 10.3 Å². The number of nitrogens with one attached hydrogen (secondary N) is 1. The summed E-state index contributed by atoms with van der Waals surface area (Å²) in [6.07, 6.45) is 1.62. The molecule has 0 spiro atoms. The summed E-state index contributed by atoms with van der Waals surface area (Å²) >= 11 is 0. The molecule has 0 aliphatic heterocycles. The van der Waals surface area contributed by atoms with Crippen LogP contribution < -0.4 is 14.8 Å². The summed E-state index contributed by atoms with van der Waals surface area (Å²) in [6.45, 7) is 0.220. The third kappa shape index (κ3) is 4.76. The number of hydrogen-bond donors (Lipinski definition) is 1. The number of amides is 1. The van der Waals surface area contributed by atoms with Crippen molar-refractivity contribution >= 4 is 5.91 Å². The molecular formula is C15H15FN2O3. The normalized spacial score (nSPS) is 10.0. The molecule has 6 heteroatoms. The van der Waals surface area contributed by atoms with Gasteiger partial charge in [-0.1, -0.05) is 6.07 Å². The lowest BCUT2D eigenvalue weighted by Crippen LogP contribution is -2.28. The molecule has 0 saturated carbocycles. The van der Waals surface area contributed by atoms with Crippen LogP contribution in [-0.2, 0) is 11.3 Å². The van der Waals surface area contributed by atoms with E-state index in [9.17, 15) is 9.18 Å². The van der Waals surface area contributed by atoms with Gasteiger partial charge in [-0.3, -0.25) is 4.79 Å². The molecule has 0 unspecified atom stereocenters. The first-order valence-electron chi connectivity index (χ1n) is 6.31. The van der Waals surface area contributed by atoms with E-state index in [2.05, 4.69) is 10.3 Å². The average Bonchev–Trinajstić information content (AvgIpc) is 2.53. The van der Waals surface area contributed by atoms with E-state index >= 15 is 0 Å². The highest BCUT2D eigenvalue weighted by molar-refractivity contribution is 5.77. The van der Waals surface area contributed by atoms with Crippen molar-refractivity contribution in [3.05, 3.63) is 54.0 Å². The Kier molecular flexibility index (Phi) is 5.09. The van der Waals surface area contributed by atoms with Crippen molar-refractivity contribution in [3.63, 3.8) is 0 Å². The van der Waals surface area contributed by atoms with Gasteiger partial charge in [-0.2, -0.15) is 0 Å². The number of methoxy groups -OCH3 is 1. The molecule has 1 aromatic heterocycles. The fraction of sp³-hybridized carbons (Fsp3) is 0.200. The van der Waals surface area contributed by atoms with Gasteiger partial charge in [-0.15, -0.1) is 0 Å². The van der Waals surface area contributed by atoms with Crippen molar-refractivity contribution in [2.45, 2.75) is 6.54 Å². The maximum Gasteiger partial charge on any atom is 0.258 e. The Balaban J connectivity index is 1.75. The van der Waals surface area contributed by atoms with E-state index in [1.807, 2.05) is 6.07 Å². The first-order chi connectivity index (χ1) is 10.2. The molecule has 2 rings (SSSR count). The Morgan fingerprint density at radius 3 is 2.62 bits per heavy atom. The predicted molar refractivity (Wildman–Crippen MR) is 74.5 cm³/mol. The van der Waals surface area contributed by atoms with Crippen LogP contribution in [0.2, 0.25) is 0 Å². The van der Waals surface area contributed by atoms with Crippen LogP contribution in [0.4, 0.5) is 4.39 Å². The highest BCUT2D eigenvalue weighted by atomic mass is 19.1. The van der Waals surface area contributed by atoms with Crippen LogP contribution in [0, 0.1) is 5.82 Å². The minimum atomic E-state index is -0.348. The number of aromatic nitrogens is 1. The van der Waals surface area contributed by atoms with Gasteiger partial charge < -0.3 is 14.8 Å². The van der Waals surface area contributed by atoms with Gasteiger partial charge in [0.05, 0.1) is 7.11 Å². The van der Waals surface area contributed by atoms with Crippen molar-refractivity contribution in [1.29, 1.82) is 0 Å².